The van der Waals surface area contributed by atoms with Crippen molar-refractivity contribution in [3.8, 4) is 0 Å². The van der Waals surface area contributed by atoms with Gasteiger partial charge in [0.25, 0.3) is 0 Å². The van der Waals surface area contributed by atoms with E-state index in [1.54, 1.807) is 0 Å². The molecule has 0 spiro atoms. The van der Waals surface area contributed by atoms with Crippen LogP contribution in [-0.2, 0) is 0 Å². The van der Waals surface area contributed by atoms with Crippen LogP contribution in [-0.4, -0.2) is 16.0 Å². The quantitative estimate of drug-likeness (QED) is 0.609. The zero-order valence-corrected chi connectivity index (χ0v) is 9.31. The zero-order chi connectivity index (χ0) is 8.36. The van der Waals surface area contributed by atoms with Gasteiger partial charge in [-0.05, 0) is 17.6 Å². The lowest BCUT2D eigenvalue weighted by molar-refractivity contribution is 0.695. The van der Waals surface area contributed by atoms with E-state index in [-0.39, 0.29) is 0 Å². The van der Waals surface area contributed by atoms with Crippen LogP contribution in [0.25, 0.3) is 0 Å². The second-order valence-electron chi connectivity index (χ2n) is 4.38. The summed E-state index contributed by atoms with van der Waals surface area (Å²) in [6.07, 6.45) is 0. The average molecular weight is 159 g/mol. The molecule has 0 aromatic heterocycles. The van der Waals surface area contributed by atoms with Gasteiger partial charge in [0.2, 0.25) is 0 Å². The molecule has 0 aliphatic rings. The third kappa shape index (κ3) is 2.84. The lowest BCUT2D eigenvalue weighted by Gasteiger charge is -2.31. The summed E-state index contributed by atoms with van der Waals surface area (Å²) in [6, 6.07) is 0. The maximum atomic E-state index is 3.48. The van der Waals surface area contributed by atoms with Crippen molar-refractivity contribution >= 4 is 8.96 Å². The van der Waals surface area contributed by atoms with Gasteiger partial charge >= 0.3 is 0 Å². The van der Waals surface area contributed by atoms with E-state index in [0.29, 0.717) is 5.04 Å². The van der Waals surface area contributed by atoms with Crippen LogP contribution in [0.2, 0.25) is 10.6 Å². The molecular formula is C8H21NSi. The monoisotopic (exact) mass is 159 g/mol. The smallest absolute Gasteiger partial charge is 0.116 e. The van der Waals surface area contributed by atoms with Crippen molar-refractivity contribution in [3.05, 3.63) is 0 Å². The van der Waals surface area contributed by atoms with Gasteiger partial charge in [0.05, 0.1) is 0 Å². The Kier molecular flexibility index (Phi) is 3.60. The SMILES string of the molecule is CN[SiH](C(C)C)C(C)(C)C. The Labute approximate surface area is 66.9 Å². The van der Waals surface area contributed by atoms with E-state index < -0.39 is 8.96 Å². The van der Waals surface area contributed by atoms with Crippen LogP contribution in [0.3, 0.4) is 0 Å². The second-order valence-corrected chi connectivity index (χ2v) is 8.97. The third-order valence-corrected chi connectivity index (χ3v) is 5.73. The first-order chi connectivity index (χ1) is 4.39. The summed E-state index contributed by atoms with van der Waals surface area (Å²) in [6.45, 7) is 11.6. The molecular weight excluding hydrogens is 138 g/mol. The van der Waals surface area contributed by atoms with Crippen LogP contribution in [0.1, 0.15) is 34.6 Å². The van der Waals surface area contributed by atoms with E-state index in [4.69, 9.17) is 0 Å². The molecule has 0 saturated heterocycles. The van der Waals surface area contributed by atoms with Gasteiger partial charge in [-0.1, -0.05) is 34.6 Å². The fourth-order valence-electron chi connectivity index (χ4n) is 1.77. The van der Waals surface area contributed by atoms with Crippen molar-refractivity contribution in [2.75, 3.05) is 7.05 Å². The average Bonchev–Trinajstić information content (AvgIpc) is 1.60. The van der Waals surface area contributed by atoms with Gasteiger partial charge < -0.3 is 4.98 Å². The van der Waals surface area contributed by atoms with Gasteiger partial charge in [0.15, 0.2) is 0 Å². The molecule has 0 radical (unpaired) electrons. The molecule has 0 aromatic carbocycles. The summed E-state index contributed by atoms with van der Waals surface area (Å²) in [7, 11) is 1.37. The second kappa shape index (κ2) is 3.53. The zero-order valence-electron chi connectivity index (χ0n) is 8.15. The molecule has 0 amide bonds. The van der Waals surface area contributed by atoms with Crippen LogP contribution in [0.15, 0.2) is 0 Å². The van der Waals surface area contributed by atoms with Crippen molar-refractivity contribution in [2.24, 2.45) is 0 Å². The summed E-state index contributed by atoms with van der Waals surface area (Å²) >= 11 is 0. The Hall–Kier alpha value is 0.177. The standard InChI is InChI=1S/C8H21NSi/c1-7(2)10(9-6)8(3,4)5/h7,9-10H,1-6H3. The van der Waals surface area contributed by atoms with Crippen molar-refractivity contribution < 1.29 is 0 Å². The molecule has 0 saturated carbocycles. The highest BCUT2D eigenvalue weighted by Crippen LogP contribution is 2.31. The Balaban J connectivity index is 4.07. The minimum absolute atomic E-state index is 0.517. The Morgan fingerprint density at radius 3 is 1.60 bits per heavy atom. The molecule has 10 heavy (non-hydrogen) atoms. The van der Waals surface area contributed by atoms with Gasteiger partial charge in [-0.2, -0.15) is 0 Å². The molecule has 62 valence electrons. The summed E-state index contributed by atoms with van der Waals surface area (Å²) in [5, 5.41) is 0.517. The Morgan fingerprint density at radius 2 is 1.60 bits per heavy atom. The Bertz CT molecular complexity index is 93.9. The molecule has 0 bridgehead atoms. The summed E-state index contributed by atoms with van der Waals surface area (Å²) < 4.78 is 0. The predicted octanol–water partition coefficient (Wildman–Crippen LogP) is 2.14. The summed E-state index contributed by atoms with van der Waals surface area (Å²) in [5.41, 5.74) is 0.852. The largest absolute Gasteiger partial charge is 0.342 e. The third-order valence-electron chi connectivity index (χ3n) is 1.91. The highest BCUT2D eigenvalue weighted by molar-refractivity contribution is 6.60. The first-order valence-corrected chi connectivity index (χ1v) is 5.89. The highest BCUT2D eigenvalue weighted by Gasteiger charge is 2.27. The lowest BCUT2D eigenvalue weighted by Crippen LogP contribution is -2.41. The van der Waals surface area contributed by atoms with Crippen LogP contribution < -0.4 is 4.98 Å². The molecule has 0 rings (SSSR count). The highest BCUT2D eigenvalue weighted by atomic mass is 28.3. The summed E-state index contributed by atoms with van der Waals surface area (Å²) in [5.74, 6) is 0. The predicted molar refractivity (Wildman–Crippen MR) is 51.0 cm³/mol. The van der Waals surface area contributed by atoms with Crippen LogP contribution in [0.5, 0.6) is 0 Å². The molecule has 2 heteroatoms. The van der Waals surface area contributed by atoms with Crippen LogP contribution in [0, 0.1) is 0 Å². The van der Waals surface area contributed by atoms with E-state index >= 15 is 0 Å². The minimum atomic E-state index is -0.725. The minimum Gasteiger partial charge on any atom is -0.342 e. The molecule has 1 unspecified atom stereocenters. The fourth-order valence-corrected chi connectivity index (χ4v) is 5.30. The van der Waals surface area contributed by atoms with Gasteiger partial charge in [0, 0.05) is 0 Å². The van der Waals surface area contributed by atoms with Gasteiger partial charge in [-0.25, -0.2) is 0 Å². The van der Waals surface area contributed by atoms with E-state index in [0.717, 1.165) is 5.54 Å². The maximum absolute atomic E-state index is 3.48. The van der Waals surface area contributed by atoms with E-state index in [9.17, 15) is 0 Å². The number of hydrogen-bond acceptors (Lipinski definition) is 1. The fraction of sp³-hybridized carbons (Fsp3) is 1.00. The first-order valence-electron chi connectivity index (χ1n) is 4.07. The van der Waals surface area contributed by atoms with Crippen LogP contribution in [0.4, 0.5) is 0 Å². The number of nitrogens with one attached hydrogen (secondary N) is 1. The normalized spacial score (nSPS) is 15.9. The van der Waals surface area contributed by atoms with Crippen molar-refractivity contribution in [3.63, 3.8) is 0 Å². The molecule has 0 heterocycles. The molecule has 1 nitrogen and oxygen atoms in total. The maximum Gasteiger partial charge on any atom is 0.116 e. The van der Waals surface area contributed by atoms with E-state index in [1.165, 1.54) is 0 Å². The first kappa shape index (κ1) is 10.2. The van der Waals surface area contributed by atoms with Gasteiger partial charge in [-0.3, -0.25) is 0 Å². The van der Waals surface area contributed by atoms with E-state index in [1.807, 2.05) is 0 Å². The summed E-state index contributed by atoms with van der Waals surface area (Å²) in [4.78, 5) is 3.48. The molecule has 0 aliphatic carbocycles. The molecule has 0 fully saturated rings. The number of hydrogen-bond donors (Lipinski definition) is 1. The van der Waals surface area contributed by atoms with E-state index in [2.05, 4.69) is 46.6 Å². The Morgan fingerprint density at radius 1 is 1.20 bits per heavy atom. The topological polar surface area (TPSA) is 12.0 Å². The van der Waals surface area contributed by atoms with Crippen molar-refractivity contribution in [2.45, 2.75) is 45.2 Å². The van der Waals surface area contributed by atoms with Gasteiger partial charge in [0.1, 0.15) is 8.96 Å². The molecule has 0 aliphatic heterocycles. The van der Waals surface area contributed by atoms with Crippen molar-refractivity contribution in [1.29, 1.82) is 0 Å². The van der Waals surface area contributed by atoms with Crippen molar-refractivity contribution in [1.82, 2.24) is 4.98 Å². The van der Waals surface area contributed by atoms with Gasteiger partial charge in [-0.15, -0.1) is 0 Å². The molecule has 1 atom stereocenters. The molecule has 1 N–H and O–H groups in total. The van der Waals surface area contributed by atoms with Crippen LogP contribution >= 0.6 is 0 Å². The number of rotatable bonds is 2. The molecule has 0 aromatic rings. The lowest BCUT2D eigenvalue weighted by atomic mass is 10.2.